The number of nitrogens with one attached hydrogen (secondary N) is 1. The third-order valence-corrected chi connectivity index (χ3v) is 3.43. The average molecular weight is 268 g/mol. The van der Waals surface area contributed by atoms with Crippen LogP contribution in [-0.2, 0) is 18.2 Å². The Hall–Kier alpha value is -0.950. The van der Waals surface area contributed by atoms with Gasteiger partial charge in [0, 0.05) is 58.1 Å². The smallest absolute Gasteiger partial charge is 0.0791 e. The van der Waals surface area contributed by atoms with Gasteiger partial charge < -0.3 is 15.2 Å². The maximum atomic E-state index is 9.95. The topological polar surface area (TPSA) is 62.5 Å². The third-order valence-electron chi connectivity index (χ3n) is 3.43. The molecule has 0 spiro atoms. The second-order valence-electron chi connectivity index (χ2n) is 4.97. The van der Waals surface area contributed by atoms with E-state index < -0.39 is 0 Å². The molecule has 6 nitrogen and oxygen atoms in total. The molecule has 0 bridgehead atoms. The van der Waals surface area contributed by atoms with E-state index in [2.05, 4.69) is 15.3 Å². The van der Waals surface area contributed by atoms with Gasteiger partial charge in [0.25, 0.3) is 0 Å². The van der Waals surface area contributed by atoms with Crippen molar-refractivity contribution in [1.82, 2.24) is 20.0 Å². The molecule has 1 unspecified atom stereocenters. The number of aliphatic hydroxyl groups is 1. The van der Waals surface area contributed by atoms with E-state index in [1.165, 1.54) is 5.69 Å². The SMILES string of the molecule is Cn1nccc1CCNCC(O)CN1CCOCC1. The molecule has 6 heteroatoms. The predicted molar refractivity (Wildman–Crippen MR) is 73.0 cm³/mol. The Balaban J connectivity index is 1.56. The van der Waals surface area contributed by atoms with Gasteiger partial charge in [-0.05, 0) is 6.07 Å². The van der Waals surface area contributed by atoms with Gasteiger partial charge in [0.15, 0.2) is 0 Å². The number of morpholine rings is 1. The Bertz CT molecular complexity index is 363. The Morgan fingerprint density at radius 3 is 2.95 bits per heavy atom. The van der Waals surface area contributed by atoms with Gasteiger partial charge >= 0.3 is 0 Å². The van der Waals surface area contributed by atoms with E-state index in [4.69, 9.17) is 4.74 Å². The monoisotopic (exact) mass is 268 g/mol. The van der Waals surface area contributed by atoms with E-state index in [1.807, 2.05) is 24.0 Å². The van der Waals surface area contributed by atoms with Gasteiger partial charge in [-0.3, -0.25) is 9.58 Å². The first-order valence-electron chi connectivity index (χ1n) is 6.91. The summed E-state index contributed by atoms with van der Waals surface area (Å²) in [7, 11) is 1.95. The highest BCUT2D eigenvalue weighted by atomic mass is 16.5. The van der Waals surface area contributed by atoms with Crippen molar-refractivity contribution in [2.24, 2.45) is 7.05 Å². The van der Waals surface area contributed by atoms with Crippen molar-refractivity contribution in [2.75, 3.05) is 45.9 Å². The number of nitrogens with zero attached hydrogens (tertiary/aromatic N) is 3. The average Bonchev–Trinajstić information content (AvgIpc) is 2.81. The summed E-state index contributed by atoms with van der Waals surface area (Å²) in [5.74, 6) is 0. The van der Waals surface area contributed by atoms with Gasteiger partial charge in [0.2, 0.25) is 0 Å². The van der Waals surface area contributed by atoms with E-state index in [0.29, 0.717) is 6.54 Å². The Labute approximate surface area is 114 Å². The molecular formula is C13H24N4O2. The molecule has 1 aliphatic heterocycles. The molecule has 0 aliphatic carbocycles. The Kier molecular flexibility index (Phi) is 5.78. The van der Waals surface area contributed by atoms with Crippen LogP contribution in [0.3, 0.4) is 0 Å². The maximum absolute atomic E-state index is 9.95. The number of rotatable bonds is 7. The first-order chi connectivity index (χ1) is 9.25. The normalized spacial score (nSPS) is 18.6. The van der Waals surface area contributed by atoms with Crippen LogP contribution in [0.5, 0.6) is 0 Å². The van der Waals surface area contributed by atoms with Crippen molar-refractivity contribution in [3.63, 3.8) is 0 Å². The van der Waals surface area contributed by atoms with Crippen molar-refractivity contribution >= 4 is 0 Å². The van der Waals surface area contributed by atoms with Crippen LogP contribution in [0.2, 0.25) is 0 Å². The second kappa shape index (κ2) is 7.59. The lowest BCUT2D eigenvalue weighted by atomic mass is 10.2. The van der Waals surface area contributed by atoms with E-state index in [0.717, 1.165) is 45.8 Å². The molecule has 1 atom stereocenters. The number of ether oxygens (including phenoxy) is 1. The lowest BCUT2D eigenvalue weighted by molar-refractivity contribution is 0.0150. The highest BCUT2D eigenvalue weighted by molar-refractivity contribution is 5.00. The molecule has 1 saturated heterocycles. The maximum Gasteiger partial charge on any atom is 0.0791 e. The summed E-state index contributed by atoms with van der Waals surface area (Å²) in [6, 6.07) is 2.02. The molecule has 0 amide bonds. The summed E-state index contributed by atoms with van der Waals surface area (Å²) in [4.78, 5) is 2.25. The van der Waals surface area contributed by atoms with Crippen LogP contribution in [0, 0.1) is 0 Å². The van der Waals surface area contributed by atoms with Crippen LogP contribution in [0.15, 0.2) is 12.3 Å². The zero-order valence-electron chi connectivity index (χ0n) is 11.6. The van der Waals surface area contributed by atoms with E-state index in [9.17, 15) is 5.11 Å². The molecular weight excluding hydrogens is 244 g/mol. The molecule has 0 radical (unpaired) electrons. The first-order valence-corrected chi connectivity index (χ1v) is 6.91. The standard InChI is InChI=1S/C13H24N4O2/c1-16-12(3-5-15-16)2-4-14-10-13(18)11-17-6-8-19-9-7-17/h3,5,13-14,18H,2,4,6-11H2,1H3. The number of hydrogen-bond acceptors (Lipinski definition) is 5. The molecule has 1 aromatic rings. The van der Waals surface area contributed by atoms with Crippen molar-refractivity contribution in [3.8, 4) is 0 Å². The molecule has 1 aliphatic rings. The Morgan fingerprint density at radius 1 is 1.47 bits per heavy atom. The van der Waals surface area contributed by atoms with Crippen molar-refractivity contribution in [1.29, 1.82) is 0 Å². The number of aryl methyl sites for hydroxylation is 1. The van der Waals surface area contributed by atoms with Gasteiger partial charge in [-0.1, -0.05) is 0 Å². The number of aliphatic hydroxyl groups excluding tert-OH is 1. The van der Waals surface area contributed by atoms with Gasteiger partial charge in [-0.2, -0.15) is 5.10 Å². The summed E-state index contributed by atoms with van der Waals surface area (Å²) >= 11 is 0. The molecule has 0 saturated carbocycles. The van der Waals surface area contributed by atoms with Gasteiger partial charge in [0.05, 0.1) is 19.3 Å². The number of aromatic nitrogens is 2. The molecule has 1 aromatic heterocycles. The van der Waals surface area contributed by atoms with Crippen LogP contribution in [0.25, 0.3) is 0 Å². The van der Waals surface area contributed by atoms with Gasteiger partial charge in [-0.15, -0.1) is 0 Å². The molecule has 2 N–H and O–H groups in total. The molecule has 1 fully saturated rings. The van der Waals surface area contributed by atoms with Crippen molar-refractivity contribution in [2.45, 2.75) is 12.5 Å². The van der Waals surface area contributed by atoms with E-state index in [1.54, 1.807) is 0 Å². The van der Waals surface area contributed by atoms with Gasteiger partial charge in [0.1, 0.15) is 0 Å². The predicted octanol–water partition coefficient (Wildman–Crippen LogP) is -0.755. The fourth-order valence-electron chi connectivity index (χ4n) is 2.28. The quantitative estimate of drug-likeness (QED) is 0.637. The van der Waals surface area contributed by atoms with E-state index >= 15 is 0 Å². The second-order valence-corrected chi connectivity index (χ2v) is 4.97. The fraction of sp³-hybridized carbons (Fsp3) is 0.769. The van der Waals surface area contributed by atoms with Crippen LogP contribution in [0.4, 0.5) is 0 Å². The zero-order chi connectivity index (χ0) is 13.5. The summed E-state index contributed by atoms with van der Waals surface area (Å²) in [6.45, 7) is 5.62. The third kappa shape index (κ3) is 4.91. The summed E-state index contributed by atoms with van der Waals surface area (Å²) in [6.07, 6.45) is 2.42. The summed E-state index contributed by atoms with van der Waals surface area (Å²) in [5.41, 5.74) is 1.20. The summed E-state index contributed by atoms with van der Waals surface area (Å²) in [5, 5.41) is 17.4. The van der Waals surface area contributed by atoms with Crippen molar-refractivity contribution < 1.29 is 9.84 Å². The minimum Gasteiger partial charge on any atom is -0.390 e. The molecule has 0 aromatic carbocycles. The van der Waals surface area contributed by atoms with Crippen LogP contribution in [-0.4, -0.2) is 71.8 Å². The van der Waals surface area contributed by atoms with Crippen molar-refractivity contribution in [3.05, 3.63) is 18.0 Å². The molecule has 2 heterocycles. The lowest BCUT2D eigenvalue weighted by Crippen LogP contribution is -2.44. The minimum atomic E-state index is -0.315. The zero-order valence-corrected chi connectivity index (χ0v) is 11.6. The highest BCUT2D eigenvalue weighted by Crippen LogP contribution is 1.99. The fourth-order valence-corrected chi connectivity index (χ4v) is 2.28. The van der Waals surface area contributed by atoms with Gasteiger partial charge in [-0.25, -0.2) is 0 Å². The van der Waals surface area contributed by atoms with Crippen LogP contribution >= 0.6 is 0 Å². The molecule has 108 valence electrons. The first kappa shape index (κ1) is 14.5. The Morgan fingerprint density at radius 2 is 2.26 bits per heavy atom. The highest BCUT2D eigenvalue weighted by Gasteiger charge is 2.14. The molecule has 19 heavy (non-hydrogen) atoms. The number of β-amino-alcohol motifs (C(OH)–C–C–N with tert-alkyl or cyclic N) is 1. The molecule has 2 rings (SSSR count). The van der Waals surface area contributed by atoms with Crippen LogP contribution in [0.1, 0.15) is 5.69 Å². The van der Waals surface area contributed by atoms with Crippen LogP contribution < -0.4 is 5.32 Å². The van der Waals surface area contributed by atoms with E-state index in [-0.39, 0.29) is 6.10 Å². The minimum absolute atomic E-state index is 0.315. The summed E-state index contributed by atoms with van der Waals surface area (Å²) < 4.78 is 7.17. The number of hydrogen-bond donors (Lipinski definition) is 2. The lowest BCUT2D eigenvalue weighted by Gasteiger charge is -2.28. The largest absolute Gasteiger partial charge is 0.390 e.